The zero-order valence-electron chi connectivity index (χ0n) is 22.0. The highest BCUT2D eigenvalue weighted by molar-refractivity contribution is 7.15. The van der Waals surface area contributed by atoms with E-state index in [4.69, 9.17) is 9.72 Å². The molecule has 3 heterocycles. The number of amides is 3. The lowest BCUT2D eigenvalue weighted by Gasteiger charge is -2.32. The number of nitrogens with zero attached hydrogens (tertiary/aromatic N) is 4. The number of hydrogen-bond donors (Lipinski definition) is 2. The molecule has 1 aliphatic heterocycles. The number of piperidine rings is 1. The van der Waals surface area contributed by atoms with E-state index in [0.717, 1.165) is 16.4 Å². The van der Waals surface area contributed by atoms with E-state index in [-0.39, 0.29) is 23.3 Å². The lowest BCUT2D eigenvalue weighted by Crippen LogP contribution is -2.41. The normalized spacial score (nSPS) is 14.4. The van der Waals surface area contributed by atoms with Gasteiger partial charge in [-0.15, -0.1) is 10.2 Å². The molecule has 0 atom stereocenters. The van der Waals surface area contributed by atoms with E-state index in [1.54, 1.807) is 4.90 Å². The fraction of sp³-hybridized carbons (Fsp3) is 0.444. The summed E-state index contributed by atoms with van der Waals surface area (Å²) in [4.78, 5) is 32.7. The highest BCUT2D eigenvalue weighted by atomic mass is 32.1. The molecule has 0 spiro atoms. The van der Waals surface area contributed by atoms with Gasteiger partial charge in [0, 0.05) is 30.1 Å². The second-order valence-electron chi connectivity index (χ2n) is 10.1. The maximum absolute atomic E-state index is 13.2. The van der Waals surface area contributed by atoms with E-state index < -0.39 is 0 Å². The smallest absolute Gasteiger partial charge is 0.321 e. The Bertz CT molecular complexity index is 1260. The van der Waals surface area contributed by atoms with Gasteiger partial charge >= 0.3 is 6.03 Å². The lowest BCUT2D eigenvalue weighted by molar-refractivity contribution is 0.102. The van der Waals surface area contributed by atoms with Crippen molar-refractivity contribution in [3.05, 3.63) is 58.4 Å². The van der Waals surface area contributed by atoms with Crippen LogP contribution in [0.4, 0.5) is 15.6 Å². The van der Waals surface area contributed by atoms with Crippen LogP contribution in [0, 0.1) is 6.92 Å². The zero-order chi connectivity index (χ0) is 26.6. The fourth-order valence-corrected chi connectivity index (χ4v) is 5.02. The van der Waals surface area contributed by atoms with Crippen molar-refractivity contribution >= 4 is 34.1 Å². The average Bonchev–Trinajstić information content (AvgIpc) is 3.34. The van der Waals surface area contributed by atoms with Crippen LogP contribution in [-0.2, 0) is 5.41 Å². The molecule has 2 N–H and O–H groups in total. The number of ether oxygens (including phenoxy) is 1. The Hall–Kier alpha value is -3.53. The molecule has 9 nitrogen and oxygen atoms in total. The van der Waals surface area contributed by atoms with Gasteiger partial charge in [-0.25, -0.2) is 4.79 Å². The summed E-state index contributed by atoms with van der Waals surface area (Å²) in [6.45, 7) is 11.7. The van der Waals surface area contributed by atoms with Gasteiger partial charge in [0.2, 0.25) is 5.13 Å². The molecule has 0 bridgehead atoms. The SMILES string of the molecule is CCOc1ccccc1NC(=O)N1CCC(c2nc(C)ccc2C(=O)Nc2nnc(C(C)(C)C)s2)CC1. The third-order valence-electron chi connectivity index (χ3n) is 6.19. The molecule has 0 radical (unpaired) electrons. The third kappa shape index (κ3) is 6.43. The van der Waals surface area contributed by atoms with Crippen molar-refractivity contribution in [3.8, 4) is 5.75 Å². The summed E-state index contributed by atoms with van der Waals surface area (Å²) in [6, 6.07) is 10.9. The predicted molar refractivity (Wildman–Crippen MR) is 146 cm³/mol. The van der Waals surface area contributed by atoms with Gasteiger partial charge in [-0.1, -0.05) is 44.2 Å². The van der Waals surface area contributed by atoms with E-state index in [1.165, 1.54) is 11.3 Å². The second-order valence-corrected chi connectivity index (χ2v) is 11.1. The van der Waals surface area contributed by atoms with Crippen molar-refractivity contribution in [3.63, 3.8) is 0 Å². The minimum atomic E-state index is -0.244. The molecule has 37 heavy (non-hydrogen) atoms. The molecule has 0 unspecified atom stereocenters. The summed E-state index contributed by atoms with van der Waals surface area (Å²) in [5.74, 6) is 0.477. The molecule has 10 heteroatoms. The number of hydrogen-bond acceptors (Lipinski definition) is 7. The monoisotopic (exact) mass is 522 g/mol. The topological polar surface area (TPSA) is 109 Å². The van der Waals surface area contributed by atoms with Crippen LogP contribution in [0.2, 0.25) is 0 Å². The summed E-state index contributed by atoms with van der Waals surface area (Å²) < 4.78 is 5.62. The number of pyridine rings is 1. The van der Waals surface area contributed by atoms with Crippen LogP contribution in [-0.4, -0.2) is 51.7 Å². The van der Waals surface area contributed by atoms with Crippen molar-refractivity contribution in [2.24, 2.45) is 0 Å². The summed E-state index contributed by atoms with van der Waals surface area (Å²) >= 11 is 1.38. The standard InChI is InChI=1S/C27H34N6O3S/c1-6-36-21-10-8-7-9-20(21)29-26(35)33-15-13-18(14-16-33)22-19(12-11-17(2)28-22)23(34)30-25-32-31-24(37-25)27(3,4)5/h7-12,18H,6,13-16H2,1-5H3,(H,29,35)(H,30,32,34). The summed E-state index contributed by atoms with van der Waals surface area (Å²) in [5, 5.41) is 15.6. The number of benzene rings is 1. The Morgan fingerprint density at radius 3 is 2.49 bits per heavy atom. The molecule has 1 fully saturated rings. The summed E-state index contributed by atoms with van der Waals surface area (Å²) in [5.41, 5.74) is 2.67. The third-order valence-corrected chi connectivity index (χ3v) is 7.46. The summed E-state index contributed by atoms with van der Waals surface area (Å²) in [7, 11) is 0. The molecule has 0 saturated carbocycles. The molecule has 1 saturated heterocycles. The lowest BCUT2D eigenvalue weighted by atomic mass is 9.90. The second kappa shape index (κ2) is 11.2. The van der Waals surface area contributed by atoms with Crippen LogP contribution in [0.1, 0.15) is 73.2 Å². The van der Waals surface area contributed by atoms with E-state index in [9.17, 15) is 9.59 Å². The number of urea groups is 1. The van der Waals surface area contributed by atoms with E-state index in [2.05, 4.69) is 41.6 Å². The Morgan fingerprint density at radius 2 is 1.81 bits per heavy atom. The number of likely N-dealkylation sites (tertiary alicyclic amines) is 1. The van der Waals surface area contributed by atoms with Crippen LogP contribution in [0.25, 0.3) is 0 Å². The van der Waals surface area contributed by atoms with Crippen LogP contribution in [0.3, 0.4) is 0 Å². The van der Waals surface area contributed by atoms with Gasteiger partial charge in [-0.05, 0) is 51.0 Å². The van der Waals surface area contributed by atoms with Gasteiger partial charge in [0.15, 0.2) is 0 Å². The number of anilines is 2. The Balaban J connectivity index is 1.43. The summed E-state index contributed by atoms with van der Waals surface area (Å²) in [6.07, 6.45) is 1.43. The van der Waals surface area contributed by atoms with Crippen molar-refractivity contribution in [1.29, 1.82) is 0 Å². The molecule has 196 valence electrons. The first-order valence-corrected chi connectivity index (χ1v) is 13.4. The minimum absolute atomic E-state index is 0.0694. The van der Waals surface area contributed by atoms with Crippen molar-refractivity contribution in [2.75, 3.05) is 30.3 Å². The number of rotatable bonds is 6. The van der Waals surface area contributed by atoms with Gasteiger partial charge in [0.05, 0.1) is 23.6 Å². The number of carbonyl (C=O) groups excluding carboxylic acids is 2. The van der Waals surface area contributed by atoms with Gasteiger partial charge < -0.3 is 15.0 Å². The number of aromatic nitrogens is 3. The van der Waals surface area contributed by atoms with Gasteiger partial charge in [0.1, 0.15) is 10.8 Å². The Kier molecular flexibility index (Phi) is 8.06. The largest absolute Gasteiger partial charge is 0.492 e. The zero-order valence-corrected chi connectivity index (χ0v) is 22.8. The molecule has 3 aromatic rings. The minimum Gasteiger partial charge on any atom is -0.492 e. The van der Waals surface area contributed by atoms with Crippen LogP contribution in [0.5, 0.6) is 5.75 Å². The van der Waals surface area contributed by atoms with Crippen molar-refractivity contribution in [1.82, 2.24) is 20.1 Å². The van der Waals surface area contributed by atoms with Gasteiger partial charge in [0.25, 0.3) is 5.91 Å². The number of aryl methyl sites for hydroxylation is 1. The molecule has 2 aromatic heterocycles. The van der Waals surface area contributed by atoms with Crippen molar-refractivity contribution in [2.45, 2.75) is 58.8 Å². The maximum Gasteiger partial charge on any atom is 0.321 e. The van der Waals surface area contributed by atoms with Crippen LogP contribution < -0.4 is 15.4 Å². The number of nitrogens with one attached hydrogen (secondary N) is 2. The molecule has 1 aromatic carbocycles. The van der Waals surface area contributed by atoms with E-state index >= 15 is 0 Å². The Morgan fingerprint density at radius 1 is 1.08 bits per heavy atom. The van der Waals surface area contributed by atoms with Gasteiger partial charge in [-0.2, -0.15) is 0 Å². The molecular weight excluding hydrogens is 488 g/mol. The fourth-order valence-electron chi connectivity index (χ4n) is 4.22. The average molecular weight is 523 g/mol. The molecule has 4 rings (SSSR count). The first-order chi connectivity index (χ1) is 17.7. The van der Waals surface area contributed by atoms with E-state index in [0.29, 0.717) is 54.7 Å². The molecule has 1 aliphatic rings. The highest BCUT2D eigenvalue weighted by Gasteiger charge is 2.29. The quantitative estimate of drug-likeness (QED) is 0.436. The maximum atomic E-state index is 13.2. The molecule has 0 aliphatic carbocycles. The van der Waals surface area contributed by atoms with E-state index in [1.807, 2.05) is 50.2 Å². The first-order valence-electron chi connectivity index (χ1n) is 12.6. The predicted octanol–water partition coefficient (Wildman–Crippen LogP) is 5.60. The number of para-hydroxylation sites is 2. The number of carbonyl (C=O) groups is 2. The van der Waals surface area contributed by atoms with Crippen LogP contribution >= 0.6 is 11.3 Å². The molecular formula is C27H34N6O3S. The highest BCUT2D eigenvalue weighted by Crippen LogP contribution is 2.32. The first kappa shape index (κ1) is 26.5. The van der Waals surface area contributed by atoms with Gasteiger partial charge in [-0.3, -0.25) is 15.1 Å². The van der Waals surface area contributed by atoms with Crippen LogP contribution in [0.15, 0.2) is 36.4 Å². The molecule has 3 amide bonds. The van der Waals surface area contributed by atoms with Crippen molar-refractivity contribution < 1.29 is 14.3 Å². The Labute approximate surface area is 221 Å².